The molecule has 0 spiro atoms. The number of hydrogen-bond acceptors (Lipinski definition) is 6. The van der Waals surface area contributed by atoms with E-state index in [1.165, 1.54) is 20.2 Å². The summed E-state index contributed by atoms with van der Waals surface area (Å²) in [6.07, 6.45) is 0.404. The number of aryl methyl sites for hydroxylation is 2. The number of carbonyl (C=O) groups excluding carboxylic acids is 1. The molecule has 24 heavy (non-hydrogen) atoms. The molecule has 0 saturated heterocycles. The Kier molecular flexibility index (Phi) is 5.35. The van der Waals surface area contributed by atoms with Gasteiger partial charge < -0.3 is 9.73 Å². The molecule has 1 aromatic carbocycles. The third-order valence-corrected chi connectivity index (χ3v) is 5.36. The Morgan fingerprint density at radius 3 is 2.54 bits per heavy atom. The highest BCUT2D eigenvalue weighted by atomic mass is 32.2. The van der Waals surface area contributed by atoms with Crippen molar-refractivity contribution < 1.29 is 17.6 Å². The van der Waals surface area contributed by atoms with Gasteiger partial charge >= 0.3 is 0 Å². The maximum Gasteiger partial charge on any atom is 0.251 e. The molecular formula is C15H20N4O4S. The van der Waals surface area contributed by atoms with E-state index in [9.17, 15) is 13.2 Å². The summed E-state index contributed by atoms with van der Waals surface area (Å²) in [5.41, 5.74) is 0.865. The van der Waals surface area contributed by atoms with Gasteiger partial charge in [-0.3, -0.25) is 4.79 Å². The number of rotatable bonds is 6. The van der Waals surface area contributed by atoms with Crippen molar-refractivity contribution in [3.05, 3.63) is 41.1 Å². The van der Waals surface area contributed by atoms with Crippen LogP contribution in [0.5, 0.6) is 0 Å². The van der Waals surface area contributed by atoms with Gasteiger partial charge in [-0.15, -0.1) is 10.2 Å². The van der Waals surface area contributed by atoms with E-state index in [0.717, 1.165) is 4.31 Å². The maximum absolute atomic E-state index is 12.3. The Morgan fingerprint density at radius 1 is 1.25 bits per heavy atom. The van der Waals surface area contributed by atoms with Gasteiger partial charge in [-0.2, -0.15) is 0 Å². The van der Waals surface area contributed by atoms with Gasteiger partial charge in [0, 0.05) is 39.5 Å². The van der Waals surface area contributed by atoms with E-state index < -0.39 is 10.0 Å². The average molecular weight is 352 g/mol. The van der Waals surface area contributed by atoms with Crippen LogP contribution in [0.2, 0.25) is 0 Å². The van der Waals surface area contributed by atoms with Crippen LogP contribution in [-0.4, -0.2) is 49.5 Å². The minimum Gasteiger partial charge on any atom is -0.426 e. The first-order valence-corrected chi connectivity index (χ1v) is 8.76. The predicted octanol–water partition coefficient (Wildman–Crippen LogP) is 0.909. The molecule has 0 aliphatic rings. The summed E-state index contributed by atoms with van der Waals surface area (Å²) in [4.78, 5) is 12.3. The Balaban J connectivity index is 2.10. The molecule has 0 saturated carbocycles. The highest BCUT2D eigenvalue weighted by Crippen LogP contribution is 2.19. The third-order valence-electron chi connectivity index (χ3n) is 3.40. The zero-order valence-corrected chi connectivity index (χ0v) is 14.8. The number of nitrogens with one attached hydrogen (secondary N) is 1. The fourth-order valence-electron chi connectivity index (χ4n) is 2.04. The second kappa shape index (κ2) is 7.10. The van der Waals surface area contributed by atoms with E-state index in [2.05, 4.69) is 15.5 Å². The molecule has 0 bridgehead atoms. The van der Waals surface area contributed by atoms with E-state index in [0.29, 0.717) is 30.3 Å². The summed E-state index contributed by atoms with van der Waals surface area (Å²) in [5.74, 6) is 0.544. The van der Waals surface area contributed by atoms with Crippen molar-refractivity contribution in [1.82, 2.24) is 19.8 Å². The Hall–Kier alpha value is -2.26. The van der Waals surface area contributed by atoms with Crippen LogP contribution in [0.1, 0.15) is 27.7 Å². The zero-order chi connectivity index (χ0) is 17.9. The Labute approximate surface area is 140 Å². The first kappa shape index (κ1) is 18.1. The minimum absolute atomic E-state index is 0.118. The van der Waals surface area contributed by atoms with Gasteiger partial charge in [-0.05, 0) is 24.6 Å². The van der Waals surface area contributed by atoms with Crippen LogP contribution in [0.15, 0.2) is 27.5 Å². The monoisotopic (exact) mass is 352 g/mol. The van der Waals surface area contributed by atoms with Crippen LogP contribution in [-0.2, 0) is 16.4 Å². The van der Waals surface area contributed by atoms with E-state index in [1.807, 2.05) is 0 Å². The van der Waals surface area contributed by atoms with Gasteiger partial charge in [0.1, 0.15) is 0 Å². The lowest BCUT2D eigenvalue weighted by Crippen LogP contribution is -2.27. The standard InChI is InChI=1S/C15H20N4O4S/c1-10-5-6-12(9-13(10)24(21,22)19(3)4)15(20)16-8-7-14-18-17-11(2)23-14/h5-6,9H,7-8H2,1-4H3,(H,16,20). The summed E-state index contributed by atoms with van der Waals surface area (Å²) < 4.78 is 30.9. The third kappa shape index (κ3) is 3.98. The predicted molar refractivity (Wildman–Crippen MR) is 87.1 cm³/mol. The molecule has 0 unspecified atom stereocenters. The van der Waals surface area contributed by atoms with Gasteiger partial charge in [0.15, 0.2) is 0 Å². The summed E-state index contributed by atoms with van der Waals surface area (Å²) >= 11 is 0. The highest BCUT2D eigenvalue weighted by molar-refractivity contribution is 7.89. The lowest BCUT2D eigenvalue weighted by Gasteiger charge is -2.14. The smallest absolute Gasteiger partial charge is 0.251 e. The van der Waals surface area contributed by atoms with Crippen LogP contribution in [0.25, 0.3) is 0 Å². The van der Waals surface area contributed by atoms with Crippen LogP contribution in [0, 0.1) is 13.8 Å². The second-order valence-corrected chi connectivity index (χ2v) is 7.61. The normalized spacial score (nSPS) is 11.7. The SMILES string of the molecule is Cc1nnc(CCNC(=O)c2ccc(C)c(S(=O)(=O)N(C)C)c2)o1. The van der Waals surface area contributed by atoms with Crippen molar-refractivity contribution in [2.24, 2.45) is 0 Å². The maximum atomic E-state index is 12.3. The van der Waals surface area contributed by atoms with Crippen LogP contribution in [0.4, 0.5) is 0 Å². The van der Waals surface area contributed by atoms with E-state index in [-0.39, 0.29) is 16.4 Å². The molecule has 2 aromatic rings. The molecule has 0 radical (unpaired) electrons. The largest absolute Gasteiger partial charge is 0.426 e. The lowest BCUT2D eigenvalue weighted by molar-refractivity contribution is 0.0953. The Bertz CT molecular complexity index is 843. The van der Waals surface area contributed by atoms with Gasteiger partial charge in [0.05, 0.1) is 4.90 Å². The quantitative estimate of drug-likeness (QED) is 0.828. The first-order chi connectivity index (χ1) is 11.2. The van der Waals surface area contributed by atoms with E-state index in [1.54, 1.807) is 26.0 Å². The fourth-order valence-corrected chi connectivity index (χ4v) is 3.18. The molecule has 130 valence electrons. The van der Waals surface area contributed by atoms with Crippen LogP contribution < -0.4 is 5.32 Å². The van der Waals surface area contributed by atoms with Crippen LogP contribution >= 0.6 is 0 Å². The van der Waals surface area contributed by atoms with Crippen molar-refractivity contribution in [3.8, 4) is 0 Å². The van der Waals surface area contributed by atoms with E-state index >= 15 is 0 Å². The zero-order valence-electron chi connectivity index (χ0n) is 14.0. The lowest BCUT2D eigenvalue weighted by atomic mass is 10.1. The molecule has 8 nitrogen and oxygen atoms in total. The van der Waals surface area contributed by atoms with Crippen molar-refractivity contribution in [2.45, 2.75) is 25.2 Å². The van der Waals surface area contributed by atoms with Crippen molar-refractivity contribution in [3.63, 3.8) is 0 Å². The van der Waals surface area contributed by atoms with E-state index in [4.69, 9.17) is 4.42 Å². The van der Waals surface area contributed by atoms with Gasteiger partial charge in [-0.1, -0.05) is 6.07 Å². The van der Waals surface area contributed by atoms with Crippen molar-refractivity contribution in [2.75, 3.05) is 20.6 Å². The molecule has 0 aliphatic heterocycles. The highest BCUT2D eigenvalue weighted by Gasteiger charge is 2.21. The average Bonchev–Trinajstić information content (AvgIpc) is 2.92. The number of hydrogen-bond donors (Lipinski definition) is 1. The molecule has 2 rings (SSSR count). The minimum atomic E-state index is -3.60. The van der Waals surface area contributed by atoms with Crippen LogP contribution in [0.3, 0.4) is 0 Å². The van der Waals surface area contributed by atoms with Crippen molar-refractivity contribution in [1.29, 1.82) is 0 Å². The molecule has 1 N–H and O–H groups in total. The van der Waals surface area contributed by atoms with Gasteiger partial charge in [0.25, 0.3) is 5.91 Å². The van der Waals surface area contributed by atoms with Gasteiger partial charge in [0.2, 0.25) is 21.8 Å². The Morgan fingerprint density at radius 2 is 1.96 bits per heavy atom. The molecule has 1 amide bonds. The summed E-state index contributed by atoms with van der Waals surface area (Å²) in [6, 6.07) is 4.60. The number of benzene rings is 1. The summed E-state index contributed by atoms with van der Waals surface area (Å²) in [7, 11) is -0.700. The molecule has 1 aromatic heterocycles. The molecule has 0 fully saturated rings. The molecule has 9 heteroatoms. The number of carbonyl (C=O) groups is 1. The number of amides is 1. The van der Waals surface area contributed by atoms with Crippen molar-refractivity contribution >= 4 is 15.9 Å². The fraction of sp³-hybridized carbons (Fsp3) is 0.400. The second-order valence-electron chi connectivity index (χ2n) is 5.49. The van der Waals surface area contributed by atoms with Gasteiger partial charge in [-0.25, -0.2) is 12.7 Å². The first-order valence-electron chi connectivity index (χ1n) is 7.32. The topological polar surface area (TPSA) is 105 Å². The number of sulfonamides is 1. The molecule has 0 atom stereocenters. The number of nitrogens with zero attached hydrogens (tertiary/aromatic N) is 3. The molecule has 0 aliphatic carbocycles. The molecule has 1 heterocycles. The molecular weight excluding hydrogens is 332 g/mol. The summed E-state index contributed by atoms with van der Waals surface area (Å²) in [6.45, 7) is 3.69. The number of aromatic nitrogens is 2. The summed E-state index contributed by atoms with van der Waals surface area (Å²) in [5, 5.41) is 10.3.